The molecule has 1 N–H and O–H groups in total. The van der Waals surface area contributed by atoms with Crippen molar-refractivity contribution < 1.29 is 4.74 Å². The molecule has 6 nitrogen and oxygen atoms in total. The SMILES string of the molecule is c1ccc(C2CN(c3ncnc4cc[nH]c34)CCO2)nc1. The molecule has 1 aliphatic heterocycles. The van der Waals surface area contributed by atoms with Crippen LogP contribution in [0.4, 0.5) is 5.82 Å². The Morgan fingerprint density at radius 1 is 1.19 bits per heavy atom. The van der Waals surface area contributed by atoms with Crippen molar-refractivity contribution in [2.75, 3.05) is 24.6 Å². The standard InChI is InChI=1S/C15H15N5O/c1-2-5-16-11(3-1)13-9-20(7-8-21-13)15-14-12(4-6-17-14)18-10-19-15/h1-6,10,13,17H,7-9H2. The van der Waals surface area contributed by atoms with Crippen LogP contribution >= 0.6 is 0 Å². The van der Waals surface area contributed by atoms with Crippen molar-refractivity contribution >= 4 is 16.9 Å². The van der Waals surface area contributed by atoms with Gasteiger partial charge in [0, 0.05) is 18.9 Å². The summed E-state index contributed by atoms with van der Waals surface area (Å²) in [4.78, 5) is 18.5. The van der Waals surface area contributed by atoms with E-state index >= 15 is 0 Å². The highest BCUT2D eigenvalue weighted by molar-refractivity contribution is 5.85. The summed E-state index contributed by atoms with van der Waals surface area (Å²) in [5, 5.41) is 0. The van der Waals surface area contributed by atoms with Crippen molar-refractivity contribution in [2.24, 2.45) is 0 Å². The summed E-state index contributed by atoms with van der Waals surface area (Å²) in [7, 11) is 0. The van der Waals surface area contributed by atoms with Crippen molar-refractivity contribution in [2.45, 2.75) is 6.10 Å². The number of hydrogen-bond donors (Lipinski definition) is 1. The number of H-pyrrole nitrogens is 1. The van der Waals surface area contributed by atoms with Crippen LogP contribution in [0, 0.1) is 0 Å². The molecule has 0 saturated carbocycles. The number of ether oxygens (including phenoxy) is 1. The van der Waals surface area contributed by atoms with Crippen molar-refractivity contribution in [1.29, 1.82) is 0 Å². The smallest absolute Gasteiger partial charge is 0.156 e. The summed E-state index contributed by atoms with van der Waals surface area (Å²) in [6, 6.07) is 7.85. The van der Waals surface area contributed by atoms with Crippen LogP contribution in [0.15, 0.2) is 43.0 Å². The number of fused-ring (bicyclic) bond motifs is 1. The van der Waals surface area contributed by atoms with Gasteiger partial charge in [0.15, 0.2) is 5.82 Å². The second kappa shape index (κ2) is 5.14. The Bertz CT molecular complexity index is 742. The van der Waals surface area contributed by atoms with Crippen molar-refractivity contribution in [3.05, 3.63) is 48.7 Å². The van der Waals surface area contributed by atoms with Gasteiger partial charge in [-0.1, -0.05) is 6.07 Å². The zero-order valence-electron chi connectivity index (χ0n) is 11.4. The second-order valence-corrected chi connectivity index (χ2v) is 5.00. The molecule has 4 heterocycles. The van der Waals surface area contributed by atoms with Gasteiger partial charge in [-0.2, -0.15) is 0 Å². The Kier molecular flexibility index (Phi) is 3.01. The highest BCUT2D eigenvalue weighted by Gasteiger charge is 2.25. The van der Waals surface area contributed by atoms with Crippen LogP contribution < -0.4 is 4.90 Å². The third kappa shape index (κ3) is 2.23. The molecule has 0 radical (unpaired) electrons. The fourth-order valence-electron chi connectivity index (χ4n) is 2.68. The van der Waals surface area contributed by atoms with Gasteiger partial charge in [-0.05, 0) is 18.2 Å². The van der Waals surface area contributed by atoms with Gasteiger partial charge in [0.25, 0.3) is 0 Å². The molecule has 1 saturated heterocycles. The highest BCUT2D eigenvalue weighted by Crippen LogP contribution is 2.27. The number of hydrogen-bond acceptors (Lipinski definition) is 5. The predicted molar refractivity (Wildman–Crippen MR) is 79.0 cm³/mol. The molecular weight excluding hydrogens is 266 g/mol. The van der Waals surface area contributed by atoms with Gasteiger partial charge in [-0.25, -0.2) is 9.97 Å². The first-order valence-corrected chi connectivity index (χ1v) is 6.97. The van der Waals surface area contributed by atoms with Crippen LogP contribution in [0.5, 0.6) is 0 Å². The van der Waals surface area contributed by atoms with Crippen LogP contribution in [-0.4, -0.2) is 39.6 Å². The van der Waals surface area contributed by atoms with Gasteiger partial charge in [-0.3, -0.25) is 4.98 Å². The Labute approximate surface area is 121 Å². The zero-order valence-corrected chi connectivity index (χ0v) is 11.4. The molecule has 1 fully saturated rings. The van der Waals surface area contributed by atoms with E-state index in [4.69, 9.17) is 4.74 Å². The summed E-state index contributed by atoms with van der Waals surface area (Å²) in [5.41, 5.74) is 2.86. The summed E-state index contributed by atoms with van der Waals surface area (Å²) >= 11 is 0. The van der Waals surface area contributed by atoms with Crippen molar-refractivity contribution in [1.82, 2.24) is 19.9 Å². The van der Waals surface area contributed by atoms with Crippen LogP contribution in [0.1, 0.15) is 11.8 Å². The Hall–Kier alpha value is -2.47. The van der Waals surface area contributed by atoms with E-state index in [0.717, 1.165) is 35.6 Å². The molecule has 1 aliphatic rings. The molecule has 106 valence electrons. The number of aromatic amines is 1. The first-order chi connectivity index (χ1) is 10.4. The summed E-state index contributed by atoms with van der Waals surface area (Å²) in [6.45, 7) is 2.21. The largest absolute Gasteiger partial charge is 0.368 e. The third-order valence-corrected chi connectivity index (χ3v) is 3.71. The van der Waals surface area contributed by atoms with E-state index in [9.17, 15) is 0 Å². The molecule has 0 amide bonds. The second-order valence-electron chi connectivity index (χ2n) is 5.00. The minimum Gasteiger partial charge on any atom is -0.368 e. The molecule has 3 aromatic heterocycles. The summed E-state index contributed by atoms with van der Waals surface area (Å²) < 4.78 is 5.85. The molecule has 0 aromatic carbocycles. The van der Waals surface area contributed by atoms with E-state index in [0.29, 0.717) is 6.61 Å². The fourth-order valence-corrected chi connectivity index (χ4v) is 2.68. The molecule has 0 spiro atoms. The first-order valence-electron chi connectivity index (χ1n) is 6.97. The van der Waals surface area contributed by atoms with Crippen molar-refractivity contribution in [3.63, 3.8) is 0 Å². The lowest BCUT2D eigenvalue weighted by molar-refractivity contribution is 0.0368. The lowest BCUT2D eigenvalue weighted by atomic mass is 10.2. The Balaban J connectivity index is 1.65. The lowest BCUT2D eigenvalue weighted by Gasteiger charge is -2.33. The van der Waals surface area contributed by atoms with Crippen molar-refractivity contribution in [3.8, 4) is 0 Å². The molecular formula is C15H15N5O. The number of nitrogens with one attached hydrogen (secondary N) is 1. The predicted octanol–water partition coefficient (Wildman–Crippen LogP) is 1.93. The van der Waals surface area contributed by atoms with E-state index in [2.05, 4.69) is 24.8 Å². The van der Waals surface area contributed by atoms with Crippen LogP contribution in [0.3, 0.4) is 0 Å². The molecule has 1 unspecified atom stereocenters. The van der Waals surface area contributed by atoms with E-state index in [1.807, 2.05) is 30.5 Å². The minimum absolute atomic E-state index is 0.0278. The van der Waals surface area contributed by atoms with Gasteiger partial charge in [0.05, 0.1) is 24.4 Å². The van der Waals surface area contributed by atoms with Gasteiger partial charge in [-0.15, -0.1) is 0 Å². The average molecular weight is 281 g/mol. The van der Waals surface area contributed by atoms with E-state index < -0.39 is 0 Å². The maximum atomic E-state index is 5.85. The lowest BCUT2D eigenvalue weighted by Crippen LogP contribution is -2.39. The normalized spacial score (nSPS) is 19.0. The maximum absolute atomic E-state index is 5.85. The quantitative estimate of drug-likeness (QED) is 0.777. The molecule has 21 heavy (non-hydrogen) atoms. The number of rotatable bonds is 2. The van der Waals surface area contributed by atoms with Gasteiger partial charge < -0.3 is 14.6 Å². The Morgan fingerprint density at radius 3 is 3.10 bits per heavy atom. The monoisotopic (exact) mass is 281 g/mol. The topological polar surface area (TPSA) is 66.9 Å². The molecule has 4 rings (SSSR count). The maximum Gasteiger partial charge on any atom is 0.156 e. The fraction of sp³-hybridized carbons (Fsp3) is 0.267. The molecule has 6 heteroatoms. The van der Waals surface area contributed by atoms with Crippen LogP contribution in [0.25, 0.3) is 11.0 Å². The van der Waals surface area contributed by atoms with Crippen LogP contribution in [-0.2, 0) is 4.74 Å². The number of aromatic nitrogens is 4. The summed E-state index contributed by atoms with van der Waals surface area (Å²) in [6.07, 6.45) is 5.27. The molecule has 1 atom stereocenters. The number of pyridine rings is 1. The van der Waals surface area contributed by atoms with Gasteiger partial charge >= 0.3 is 0 Å². The van der Waals surface area contributed by atoms with Gasteiger partial charge in [0.2, 0.25) is 0 Å². The number of nitrogens with zero attached hydrogens (tertiary/aromatic N) is 4. The van der Waals surface area contributed by atoms with E-state index in [-0.39, 0.29) is 6.10 Å². The van der Waals surface area contributed by atoms with Gasteiger partial charge in [0.1, 0.15) is 17.9 Å². The average Bonchev–Trinajstić information content (AvgIpc) is 3.04. The minimum atomic E-state index is -0.0278. The van der Waals surface area contributed by atoms with E-state index in [1.54, 1.807) is 12.5 Å². The molecule has 3 aromatic rings. The highest BCUT2D eigenvalue weighted by atomic mass is 16.5. The summed E-state index contributed by atoms with van der Waals surface area (Å²) in [5.74, 6) is 0.925. The third-order valence-electron chi connectivity index (χ3n) is 3.71. The zero-order chi connectivity index (χ0) is 14.1. The first kappa shape index (κ1) is 12.3. The number of morpholine rings is 1. The Morgan fingerprint density at radius 2 is 2.19 bits per heavy atom. The number of anilines is 1. The molecule has 0 bridgehead atoms. The van der Waals surface area contributed by atoms with E-state index in [1.165, 1.54) is 0 Å². The van der Waals surface area contributed by atoms with Crippen LogP contribution in [0.2, 0.25) is 0 Å². The molecule has 0 aliphatic carbocycles.